The van der Waals surface area contributed by atoms with Gasteiger partial charge in [0.25, 0.3) is 0 Å². The van der Waals surface area contributed by atoms with E-state index in [4.69, 9.17) is 0 Å². The van der Waals surface area contributed by atoms with Gasteiger partial charge in [-0.05, 0) is 13.3 Å². The highest BCUT2D eigenvalue weighted by molar-refractivity contribution is 5.74. The van der Waals surface area contributed by atoms with Crippen molar-refractivity contribution in [3.05, 3.63) is 12.7 Å². The third-order valence-corrected chi connectivity index (χ3v) is 2.45. The molecule has 0 aromatic heterocycles. The first-order chi connectivity index (χ1) is 6.49. The van der Waals surface area contributed by atoms with Gasteiger partial charge in [-0.25, -0.2) is 0 Å². The van der Waals surface area contributed by atoms with E-state index in [2.05, 4.69) is 11.3 Å². The molecule has 0 aliphatic heterocycles. The molecule has 2 unspecified atom stereocenters. The number of carbonyl (C=O) groups excluding carboxylic acids is 1. The molecular formula is C11H20O3. The molecule has 0 heterocycles. The van der Waals surface area contributed by atoms with Gasteiger partial charge in [0.05, 0.1) is 18.6 Å². The summed E-state index contributed by atoms with van der Waals surface area (Å²) in [5.74, 6) is -0.881. The fraction of sp³-hybridized carbons (Fsp3) is 0.727. The van der Waals surface area contributed by atoms with Crippen molar-refractivity contribution in [1.29, 1.82) is 0 Å². The minimum atomic E-state index is -1.18. The number of unbranched alkanes of at least 4 members (excludes halogenated alkanes) is 1. The number of carbonyl (C=O) groups is 1. The van der Waals surface area contributed by atoms with Crippen LogP contribution in [0.1, 0.15) is 33.1 Å². The normalized spacial score (nSPS) is 16.9. The Morgan fingerprint density at radius 1 is 1.71 bits per heavy atom. The van der Waals surface area contributed by atoms with Crippen LogP contribution in [-0.4, -0.2) is 23.8 Å². The summed E-state index contributed by atoms with van der Waals surface area (Å²) in [4.78, 5) is 11.4. The highest BCUT2D eigenvalue weighted by atomic mass is 16.5. The SMILES string of the molecule is C=CC(C)(O)C(CCCC)C(=O)OC. The zero-order chi connectivity index (χ0) is 11.2. The van der Waals surface area contributed by atoms with Crippen LogP contribution >= 0.6 is 0 Å². The standard InChI is InChI=1S/C11H20O3/c1-5-7-8-9(10(12)14-4)11(3,13)6-2/h6,9,13H,2,5,7-8H2,1,3-4H3. The van der Waals surface area contributed by atoms with Crippen molar-refractivity contribution in [3.63, 3.8) is 0 Å². The van der Waals surface area contributed by atoms with Gasteiger partial charge in [0.15, 0.2) is 0 Å². The second-order valence-corrected chi connectivity index (χ2v) is 3.65. The van der Waals surface area contributed by atoms with Gasteiger partial charge in [0.2, 0.25) is 0 Å². The molecule has 3 heteroatoms. The lowest BCUT2D eigenvalue weighted by molar-refractivity contribution is -0.152. The topological polar surface area (TPSA) is 46.5 Å². The van der Waals surface area contributed by atoms with Crippen molar-refractivity contribution < 1.29 is 14.6 Å². The third-order valence-electron chi connectivity index (χ3n) is 2.45. The van der Waals surface area contributed by atoms with Gasteiger partial charge in [-0.2, -0.15) is 0 Å². The number of aliphatic hydroxyl groups is 1. The largest absolute Gasteiger partial charge is 0.469 e. The lowest BCUT2D eigenvalue weighted by atomic mass is 9.85. The smallest absolute Gasteiger partial charge is 0.311 e. The first-order valence-corrected chi connectivity index (χ1v) is 4.93. The summed E-state index contributed by atoms with van der Waals surface area (Å²) in [5.41, 5.74) is -1.18. The fourth-order valence-electron chi connectivity index (χ4n) is 1.34. The molecule has 0 rings (SSSR count). The second-order valence-electron chi connectivity index (χ2n) is 3.65. The quantitative estimate of drug-likeness (QED) is 0.526. The van der Waals surface area contributed by atoms with Gasteiger partial charge in [0, 0.05) is 0 Å². The third kappa shape index (κ3) is 3.50. The van der Waals surface area contributed by atoms with Crippen LogP contribution in [0.3, 0.4) is 0 Å². The molecule has 0 aliphatic carbocycles. The van der Waals surface area contributed by atoms with Gasteiger partial charge in [0.1, 0.15) is 0 Å². The molecule has 0 amide bonds. The summed E-state index contributed by atoms with van der Waals surface area (Å²) in [7, 11) is 1.33. The van der Waals surface area contributed by atoms with Crippen molar-refractivity contribution in [1.82, 2.24) is 0 Å². The number of rotatable bonds is 6. The zero-order valence-corrected chi connectivity index (χ0v) is 9.25. The zero-order valence-electron chi connectivity index (χ0n) is 9.25. The van der Waals surface area contributed by atoms with Crippen molar-refractivity contribution in [2.75, 3.05) is 7.11 Å². The first-order valence-electron chi connectivity index (χ1n) is 4.93. The summed E-state index contributed by atoms with van der Waals surface area (Å²) >= 11 is 0. The van der Waals surface area contributed by atoms with E-state index in [-0.39, 0.29) is 5.97 Å². The lowest BCUT2D eigenvalue weighted by Crippen LogP contribution is -2.38. The maximum absolute atomic E-state index is 11.4. The predicted molar refractivity (Wildman–Crippen MR) is 55.9 cm³/mol. The van der Waals surface area contributed by atoms with Crippen molar-refractivity contribution >= 4 is 5.97 Å². The van der Waals surface area contributed by atoms with Gasteiger partial charge in [-0.15, -0.1) is 6.58 Å². The molecule has 0 bridgehead atoms. The summed E-state index contributed by atoms with van der Waals surface area (Å²) in [5, 5.41) is 9.89. The van der Waals surface area contributed by atoms with Crippen molar-refractivity contribution in [3.8, 4) is 0 Å². The number of methoxy groups -OCH3 is 1. The number of hydrogen-bond acceptors (Lipinski definition) is 3. The predicted octanol–water partition coefficient (Wildman–Crippen LogP) is 1.90. The molecule has 0 saturated carbocycles. The van der Waals surface area contributed by atoms with Crippen LogP contribution in [-0.2, 0) is 9.53 Å². The van der Waals surface area contributed by atoms with Gasteiger partial charge >= 0.3 is 5.97 Å². The van der Waals surface area contributed by atoms with Crippen LogP contribution in [0.4, 0.5) is 0 Å². The summed E-state index contributed by atoms with van der Waals surface area (Å²) in [6.45, 7) is 7.14. The van der Waals surface area contributed by atoms with E-state index in [1.54, 1.807) is 6.92 Å². The summed E-state index contributed by atoms with van der Waals surface area (Å²) < 4.78 is 4.65. The fourth-order valence-corrected chi connectivity index (χ4v) is 1.34. The number of ether oxygens (including phenoxy) is 1. The molecule has 14 heavy (non-hydrogen) atoms. The number of esters is 1. The van der Waals surface area contributed by atoms with E-state index >= 15 is 0 Å². The Kier molecular flexibility index (Phi) is 5.46. The minimum Gasteiger partial charge on any atom is -0.469 e. The highest BCUT2D eigenvalue weighted by Gasteiger charge is 2.34. The van der Waals surface area contributed by atoms with Crippen LogP contribution in [0.5, 0.6) is 0 Å². The highest BCUT2D eigenvalue weighted by Crippen LogP contribution is 2.25. The molecule has 0 saturated heterocycles. The van der Waals surface area contributed by atoms with Crippen molar-refractivity contribution in [2.24, 2.45) is 5.92 Å². The molecule has 0 aromatic carbocycles. The monoisotopic (exact) mass is 200 g/mol. The van der Waals surface area contributed by atoms with E-state index < -0.39 is 11.5 Å². The van der Waals surface area contributed by atoms with E-state index in [1.807, 2.05) is 6.92 Å². The van der Waals surface area contributed by atoms with Crippen LogP contribution in [0.25, 0.3) is 0 Å². The van der Waals surface area contributed by atoms with Crippen LogP contribution in [0.15, 0.2) is 12.7 Å². The summed E-state index contributed by atoms with van der Waals surface area (Å²) in [6, 6.07) is 0. The molecule has 3 nitrogen and oxygen atoms in total. The van der Waals surface area contributed by atoms with Gasteiger partial charge in [-0.1, -0.05) is 25.8 Å². The molecule has 0 aliphatic rings. The molecule has 0 radical (unpaired) electrons. The average Bonchev–Trinajstić information content (AvgIpc) is 2.17. The Morgan fingerprint density at radius 2 is 2.29 bits per heavy atom. The van der Waals surface area contributed by atoms with E-state index in [0.717, 1.165) is 12.8 Å². The maximum Gasteiger partial charge on any atom is 0.311 e. The van der Waals surface area contributed by atoms with Gasteiger partial charge < -0.3 is 9.84 Å². The molecule has 0 fully saturated rings. The molecular weight excluding hydrogens is 180 g/mol. The van der Waals surface area contributed by atoms with E-state index in [1.165, 1.54) is 13.2 Å². The Morgan fingerprint density at radius 3 is 2.64 bits per heavy atom. The molecule has 1 N–H and O–H groups in total. The maximum atomic E-state index is 11.4. The molecule has 82 valence electrons. The minimum absolute atomic E-state index is 0.372. The second kappa shape index (κ2) is 5.81. The van der Waals surface area contributed by atoms with Crippen LogP contribution in [0, 0.1) is 5.92 Å². The van der Waals surface area contributed by atoms with E-state index in [0.29, 0.717) is 6.42 Å². The Labute approximate surface area is 85.8 Å². The lowest BCUT2D eigenvalue weighted by Gasteiger charge is -2.27. The van der Waals surface area contributed by atoms with Crippen LogP contribution in [0.2, 0.25) is 0 Å². The van der Waals surface area contributed by atoms with Crippen molar-refractivity contribution in [2.45, 2.75) is 38.7 Å². The summed E-state index contributed by atoms with van der Waals surface area (Å²) in [6.07, 6.45) is 3.90. The van der Waals surface area contributed by atoms with E-state index in [9.17, 15) is 9.90 Å². The van der Waals surface area contributed by atoms with Crippen LogP contribution < -0.4 is 0 Å². The molecule has 0 spiro atoms. The molecule has 0 aromatic rings. The van der Waals surface area contributed by atoms with Gasteiger partial charge in [-0.3, -0.25) is 4.79 Å². The average molecular weight is 200 g/mol. The first kappa shape index (κ1) is 13.2. The Balaban J connectivity index is 4.54. The molecule has 2 atom stereocenters. The number of hydrogen-bond donors (Lipinski definition) is 1. The Bertz CT molecular complexity index is 197. The Hall–Kier alpha value is -0.830.